The quantitative estimate of drug-likeness (QED) is 0.477. The van der Waals surface area contributed by atoms with Gasteiger partial charge in [-0.15, -0.1) is 10.2 Å². The third-order valence-corrected chi connectivity index (χ3v) is 7.09. The average molecular weight is 450 g/mol. The van der Waals surface area contributed by atoms with Gasteiger partial charge in [-0.1, -0.05) is 67.2 Å². The number of para-hydroxylation sites is 1. The molecule has 0 aliphatic carbocycles. The lowest BCUT2D eigenvalue weighted by molar-refractivity contribution is -0.117. The Labute approximate surface area is 194 Å². The molecule has 168 valence electrons. The van der Waals surface area contributed by atoms with E-state index in [0.717, 1.165) is 36.1 Å². The number of hydrogen-bond acceptors (Lipinski definition) is 5. The van der Waals surface area contributed by atoms with Crippen molar-refractivity contribution in [1.29, 1.82) is 0 Å². The van der Waals surface area contributed by atoms with Gasteiger partial charge in [0.25, 0.3) is 0 Å². The summed E-state index contributed by atoms with van der Waals surface area (Å²) in [5.74, 6) is 1.06. The van der Waals surface area contributed by atoms with Crippen molar-refractivity contribution in [2.75, 3.05) is 25.5 Å². The molecule has 0 fully saturated rings. The highest BCUT2D eigenvalue weighted by molar-refractivity contribution is 8.00. The van der Waals surface area contributed by atoms with Gasteiger partial charge in [0, 0.05) is 12.2 Å². The summed E-state index contributed by atoms with van der Waals surface area (Å²) in [6.07, 6.45) is 1.85. The van der Waals surface area contributed by atoms with E-state index in [4.69, 9.17) is 0 Å². The topological polar surface area (TPSA) is 54.3 Å². The van der Waals surface area contributed by atoms with Crippen molar-refractivity contribution in [1.82, 2.24) is 19.7 Å². The largest absolute Gasteiger partial charge is 0.311 e. The smallest absolute Gasteiger partial charge is 0.240 e. The Bertz CT molecular complexity index is 1070. The van der Waals surface area contributed by atoms with E-state index in [-0.39, 0.29) is 17.2 Å². The number of anilines is 1. The summed E-state index contributed by atoms with van der Waals surface area (Å²) >= 11 is 1.50. The van der Waals surface area contributed by atoms with Gasteiger partial charge in [0.15, 0.2) is 11.0 Å². The van der Waals surface area contributed by atoms with Crippen LogP contribution in [0.3, 0.4) is 0 Å². The summed E-state index contributed by atoms with van der Waals surface area (Å²) in [4.78, 5) is 17.4. The first-order valence-electron chi connectivity index (χ1n) is 11.2. The Kier molecular flexibility index (Phi) is 6.96. The van der Waals surface area contributed by atoms with Crippen LogP contribution in [0.25, 0.3) is 0 Å². The van der Waals surface area contributed by atoms with E-state index >= 15 is 0 Å². The standard InChI is InChI=1S/C25H31N5OS/c1-5-21(28(3)4)23-26-27-25(30(23)17-19-11-7-6-8-12-19)32-18(2)24(31)29-16-15-20-13-9-10-14-22(20)29/h6-14,18,21H,5,15-17H2,1-4H3/t18-,21-/m1/s1. The number of amides is 1. The summed E-state index contributed by atoms with van der Waals surface area (Å²) in [6, 6.07) is 18.7. The predicted octanol–water partition coefficient (Wildman–Crippen LogP) is 4.41. The van der Waals surface area contributed by atoms with Crippen LogP contribution in [0.2, 0.25) is 0 Å². The van der Waals surface area contributed by atoms with Crippen molar-refractivity contribution in [3.63, 3.8) is 0 Å². The summed E-state index contributed by atoms with van der Waals surface area (Å²) in [7, 11) is 4.14. The normalized spacial score (nSPS) is 15.1. The fourth-order valence-corrected chi connectivity index (χ4v) is 5.24. The maximum atomic E-state index is 13.3. The number of nitrogens with zero attached hydrogens (tertiary/aromatic N) is 5. The number of carbonyl (C=O) groups is 1. The van der Waals surface area contributed by atoms with Crippen molar-refractivity contribution in [3.8, 4) is 0 Å². The Morgan fingerprint density at radius 2 is 1.81 bits per heavy atom. The molecule has 6 nitrogen and oxygen atoms in total. The fraction of sp³-hybridized carbons (Fsp3) is 0.400. The molecule has 0 bridgehead atoms. The Balaban J connectivity index is 1.60. The van der Waals surface area contributed by atoms with Crippen molar-refractivity contribution >= 4 is 23.4 Å². The highest BCUT2D eigenvalue weighted by atomic mass is 32.2. The molecule has 2 atom stereocenters. The molecule has 0 saturated heterocycles. The molecule has 32 heavy (non-hydrogen) atoms. The Hall–Kier alpha value is -2.64. The molecule has 1 amide bonds. The zero-order valence-corrected chi connectivity index (χ0v) is 20.0. The van der Waals surface area contributed by atoms with E-state index in [1.54, 1.807) is 0 Å². The van der Waals surface area contributed by atoms with Crippen LogP contribution in [-0.4, -0.2) is 51.5 Å². The van der Waals surface area contributed by atoms with Crippen LogP contribution < -0.4 is 4.90 Å². The van der Waals surface area contributed by atoms with Crippen LogP contribution in [0.15, 0.2) is 59.8 Å². The molecule has 1 aliphatic rings. The van der Waals surface area contributed by atoms with E-state index in [1.165, 1.54) is 22.9 Å². The molecule has 2 heterocycles. The number of carbonyl (C=O) groups excluding carboxylic acids is 1. The number of fused-ring (bicyclic) bond motifs is 1. The second-order valence-electron chi connectivity index (χ2n) is 8.43. The molecule has 3 aromatic rings. The first kappa shape index (κ1) is 22.6. The lowest BCUT2D eigenvalue weighted by Gasteiger charge is -2.24. The number of rotatable bonds is 8. The highest BCUT2D eigenvalue weighted by Gasteiger charge is 2.30. The van der Waals surface area contributed by atoms with Gasteiger partial charge in [0.1, 0.15) is 0 Å². The maximum absolute atomic E-state index is 13.3. The van der Waals surface area contributed by atoms with Crippen LogP contribution in [0, 0.1) is 0 Å². The molecule has 4 rings (SSSR count). The number of benzene rings is 2. The molecular weight excluding hydrogens is 418 g/mol. The van der Waals surface area contributed by atoms with Gasteiger partial charge in [-0.2, -0.15) is 0 Å². The number of thioether (sulfide) groups is 1. The van der Waals surface area contributed by atoms with Gasteiger partial charge in [0.2, 0.25) is 5.91 Å². The van der Waals surface area contributed by atoms with Crippen molar-refractivity contribution in [3.05, 3.63) is 71.5 Å². The summed E-state index contributed by atoms with van der Waals surface area (Å²) in [6.45, 7) is 5.56. The Morgan fingerprint density at radius 1 is 1.09 bits per heavy atom. The van der Waals surface area contributed by atoms with Crippen molar-refractivity contribution in [2.24, 2.45) is 0 Å². The summed E-state index contributed by atoms with van der Waals surface area (Å²) < 4.78 is 2.18. The molecule has 0 unspecified atom stereocenters. The van der Waals surface area contributed by atoms with E-state index in [1.807, 2.05) is 48.2 Å². The van der Waals surface area contributed by atoms with Gasteiger partial charge < -0.3 is 9.47 Å². The molecule has 0 N–H and O–H groups in total. The zero-order valence-electron chi connectivity index (χ0n) is 19.2. The SMILES string of the molecule is CC[C@H](c1nnc(S[C@H](C)C(=O)N2CCc3ccccc32)n1Cc1ccccc1)N(C)C. The molecular formula is C25H31N5OS. The molecule has 7 heteroatoms. The predicted molar refractivity (Wildman–Crippen MR) is 130 cm³/mol. The highest BCUT2D eigenvalue weighted by Crippen LogP contribution is 2.32. The van der Waals surface area contributed by atoms with Crippen LogP contribution in [0.5, 0.6) is 0 Å². The molecule has 0 spiro atoms. The molecule has 1 aliphatic heterocycles. The van der Waals surface area contributed by atoms with Gasteiger partial charge in [0.05, 0.1) is 17.8 Å². The van der Waals surface area contributed by atoms with E-state index in [0.29, 0.717) is 6.54 Å². The minimum Gasteiger partial charge on any atom is -0.311 e. The van der Waals surface area contributed by atoms with E-state index in [2.05, 4.69) is 58.9 Å². The Morgan fingerprint density at radius 3 is 2.53 bits per heavy atom. The lowest BCUT2D eigenvalue weighted by Crippen LogP contribution is -2.35. The second-order valence-corrected chi connectivity index (χ2v) is 9.74. The van der Waals surface area contributed by atoms with Crippen molar-refractivity contribution in [2.45, 2.75) is 49.7 Å². The van der Waals surface area contributed by atoms with E-state index in [9.17, 15) is 4.79 Å². The third-order valence-electron chi connectivity index (χ3n) is 6.02. The second kappa shape index (κ2) is 9.88. The minimum absolute atomic E-state index is 0.121. The minimum atomic E-state index is -0.257. The number of hydrogen-bond donors (Lipinski definition) is 0. The van der Waals surface area contributed by atoms with Crippen LogP contribution in [-0.2, 0) is 17.8 Å². The average Bonchev–Trinajstić information content (AvgIpc) is 3.39. The van der Waals surface area contributed by atoms with Crippen LogP contribution in [0.1, 0.15) is 43.3 Å². The van der Waals surface area contributed by atoms with Gasteiger partial charge in [-0.3, -0.25) is 9.69 Å². The molecule has 0 saturated carbocycles. The van der Waals surface area contributed by atoms with Crippen molar-refractivity contribution < 1.29 is 4.79 Å². The van der Waals surface area contributed by atoms with E-state index < -0.39 is 0 Å². The molecule has 2 aromatic carbocycles. The summed E-state index contributed by atoms with van der Waals surface area (Å²) in [5.41, 5.74) is 3.47. The first-order chi connectivity index (χ1) is 15.5. The van der Waals surface area contributed by atoms with Crippen LogP contribution >= 0.6 is 11.8 Å². The van der Waals surface area contributed by atoms with Gasteiger partial charge in [-0.05, 0) is 51.1 Å². The summed E-state index contributed by atoms with van der Waals surface area (Å²) in [5, 5.41) is 9.64. The zero-order chi connectivity index (χ0) is 22.7. The fourth-order valence-electron chi connectivity index (χ4n) is 4.32. The lowest BCUT2D eigenvalue weighted by atomic mass is 10.2. The maximum Gasteiger partial charge on any atom is 0.240 e. The number of aromatic nitrogens is 3. The monoisotopic (exact) mass is 449 g/mol. The molecule has 1 aromatic heterocycles. The van der Waals surface area contributed by atoms with Gasteiger partial charge in [-0.25, -0.2) is 0 Å². The first-order valence-corrected chi connectivity index (χ1v) is 12.1. The van der Waals surface area contributed by atoms with Gasteiger partial charge >= 0.3 is 0 Å². The third kappa shape index (κ3) is 4.59. The van der Waals surface area contributed by atoms with Crippen LogP contribution in [0.4, 0.5) is 5.69 Å². The molecule has 0 radical (unpaired) electrons.